The van der Waals surface area contributed by atoms with Crippen LogP contribution in [0.25, 0.3) is 0 Å². The molecule has 0 heterocycles. The summed E-state index contributed by atoms with van der Waals surface area (Å²) in [5.41, 5.74) is -2.75. The second kappa shape index (κ2) is 9.34. The number of rotatable bonds is 9. The molecule has 27 heavy (non-hydrogen) atoms. The molecule has 0 fully saturated rings. The van der Waals surface area contributed by atoms with Crippen LogP contribution in [0, 0.1) is 10.8 Å². The first-order valence-electron chi connectivity index (χ1n) is 8.17. The van der Waals surface area contributed by atoms with E-state index in [-0.39, 0.29) is 17.8 Å². The number of ether oxygens (including phenoxy) is 4. The quantitative estimate of drug-likeness (QED) is 0.337. The summed E-state index contributed by atoms with van der Waals surface area (Å²) in [5.74, 6) is -2.89. The molecule has 0 amide bonds. The Kier molecular flexibility index (Phi) is 8.43. The molecular weight excluding hydrogens is 356 g/mol. The zero-order valence-electron chi connectivity index (χ0n) is 17.0. The summed E-state index contributed by atoms with van der Waals surface area (Å²) in [4.78, 5) is 47.7. The molecule has 8 nitrogen and oxygen atoms in total. The highest BCUT2D eigenvalue weighted by molar-refractivity contribution is 5.97. The Morgan fingerprint density at radius 1 is 0.815 bits per heavy atom. The van der Waals surface area contributed by atoms with Gasteiger partial charge in [-0.25, -0.2) is 9.59 Å². The number of hydrogen-bond donors (Lipinski definition) is 0. The van der Waals surface area contributed by atoms with Crippen LogP contribution >= 0.6 is 0 Å². The Morgan fingerprint density at radius 2 is 1.19 bits per heavy atom. The SMILES string of the molecule is C=C(C(=O)OC)C(C)(C)C(=O)OCC(C)OC(=O)C(C)(C)C(=C)C(=O)OC. The highest BCUT2D eigenvalue weighted by Crippen LogP contribution is 2.29. The highest BCUT2D eigenvalue weighted by atomic mass is 16.6. The van der Waals surface area contributed by atoms with Gasteiger partial charge in [-0.2, -0.15) is 0 Å². The van der Waals surface area contributed by atoms with E-state index in [1.54, 1.807) is 0 Å². The second-order valence-electron chi connectivity index (χ2n) is 7.00. The van der Waals surface area contributed by atoms with Crippen LogP contribution in [0.15, 0.2) is 24.3 Å². The van der Waals surface area contributed by atoms with Crippen molar-refractivity contribution in [3.63, 3.8) is 0 Å². The van der Waals surface area contributed by atoms with Crippen LogP contribution in [0.2, 0.25) is 0 Å². The van der Waals surface area contributed by atoms with Crippen molar-refractivity contribution < 1.29 is 38.1 Å². The molecule has 0 bridgehead atoms. The van der Waals surface area contributed by atoms with Crippen LogP contribution < -0.4 is 0 Å². The minimum Gasteiger partial charge on any atom is -0.466 e. The molecule has 0 aliphatic rings. The first-order valence-corrected chi connectivity index (χ1v) is 8.17. The molecule has 0 spiro atoms. The molecule has 0 N–H and O–H groups in total. The third-order valence-electron chi connectivity index (χ3n) is 4.15. The van der Waals surface area contributed by atoms with Gasteiger partial charge in [0.05, 0.1) is 25.0 Å². The van der Waals surface area contributed by atoms with E-state index >= 15 is 0 Å². The highest BCUT2D eigenvalue weighted by Gasteiger charge is 2.39. The van der Waals surface area contributed by atoms with Gasteiger partial charge in [0.15, 0.2) is 0 Å². The van der Waals surface area contributed by atoms with Crippen molar-refractivity contribution in [1.29, 1.82) is 0 Å². The van der Waals surface area contributed by atoms with E-state index in [2.05, 4.69) is 22.6 Å². The lowest BCUT2D eigenvalue weighted by Gasteiger charge is -2.27. The van der Waals surface area contributed by atoms with Crippen LogP contribution in [0.5, 0.6) is 0 Å². The number of carbonyl (C=O) groups is 4. The zero-order chi connectivity index (χ0) is 21.6. The number of carbonyl (C=O) groups excluding carboxylic acids is 4. The van der Waals surface area contributed by atoms with Gasteiger partial charge in [-0.3, -0.25) is 9.59 Å². The van der Waals surface area contributed by atoms with Crippen molar-refractivity contribution in [2.24, 2.45) is 10.8 Å². The number of hydrogen-bond acceptors (Lipinski definition) is 8. The van der Waals surface area contributed by atoms with E-state index in [4.69, 9.17) is 9.47 Å². The van der Waals surface area contributed by atoms with Gasteiger partial charge in [-0.05, 0) is 34.6 Å². The summed E-state index contributed by atoms with van der Waals surface area (Å²) in [5, 5.41) is 0. The normalized spacial score (nSPS) is 12.4. The van der Waals surface area contributed by atoms with Crippen LogP contribution in [-0.4, -0.2) is 50.8 Å². The van der Waals surface area contributed by atoms with E-state index in [1.165, 1.54) is 48.8 Å². The predicted molar refractivity (Wildman–Crippen MR) is 96.4 cm³/mol. The van der Waals surface area contributed by atoms with Gasteiger partial charge in [-0.1, -0.05) is 13.2 Å². The summed E-state index contributed by atoms with van der Waals surface area (Å²) in [6.07, 6.45) is -0.798. The minimum absolute atomic E-state index is 0.0600. The fourth-order valence-corrected chi connectivity index (χ4v) is 1.74. The van der Waals surface area contributed by atoms with E-state index in [1.807, 2.05) is 0 Å². The van der Waals surface area contributed by atoms with Crippen molar-refractivity contribution in [3.05, 3.63) is 24.3 Å². The fraction of sp³-hybridized carbons (Fsp3) is 0.579. The second-order valence-corrected chi connectivity index (χ2v) is 7.00. The van der Waals surface area contributed by atoms with Crippen molar-refractivity contribution >= 4 is 23.9 Å². The van der Waals surface area contributed by atoms with Crippen molar-refractivity contribution in [2.45, 2.75) is 40.7 Å². The van der Waals surface area contributed by atoms with Gasteiger partial charge in [-0.15, -0.1) is 0 Å². The molecule has 152 valence electrons. The molecular formula is C19H28O8. The lowest BCUT2D eigenvalue weighted by molar-refractivity contribution is -0.167. The summed E-state index contributed by atoms with van der Waals surface area (Å²) in [6, 6.07) is 0. The smallest absolute Gasteiger partial charge is 0.334 e. The van der Waals surface area contributed by atoms with E-state index in [9.17, 15) is 19.2 Å². The molecule has 0 rings (SSSR count). The van der Waals surface area contributed by atoms with Gasteiger partial charge >= 0.3 is 23.9 Å². The Hall–Kier alpha value is -2.64. The molecule has 0 saturated carbocycles. The first-order chi connectivity index (χ1) is 12.2. The summed E-state index contributed by atoms with van der Waals surface area (Å²) in [6.45, 7) is 14.3. The molecule has 0 radical (unpaired) electrons. The Bertz CT molecular complexity index is 642. The van der Waals surface area contributed by atoms with Gasteiger partial charge in [0.25, 0.3) is 0 Å². The molecule has 0 saturated heterocycles. The van der Waals surface area contributed by atoms with Gasteiger partial charge < -0.3 is 18.9 Å². The molecule has 0 aromatic rings. The van der Waals surface area contributed by atoms with Gasteiger partial charge in [0.2, 0.25) is 0 Å². The van der Waals surface area contributed by atoms with E-state index < -0.39 is 40.8 Å². The number of esters is 4. The molecule has 0 aromatic carbocycles. The van der Waals surface area contributed by atoms with Gasteiger partial charge in [0, 0.05) is 11.1 Å². The maximum absolute atomic E-state index is 12.3. The van der Waals surface area contributed by atoms with Crippen molar-refractivity contribution in [3.8, 4) is 0 Å². The van der Waals surface area contributed by atoms with E-state index in [0.717, 1.165) is 0 Å². The molecule has 0 aliphatic carbocycles. The minimum atomic E-state index is -1.32. The maximum Gasteiger partial charge on any atom is 0.334 e. The monoisotopic (exact) mass is 384 g/mol. The first kappa shape index (κ1) is 24.4. The van der Waals surface area contributed by atoms with Crippen LogP contribution in [0.3, 0.4) is 0 Å². The molecule has 0 aliphatic heterocycles. The summed E-state index contributed by atoms with van der Waals surface area (Å²) < 4.78 is 19.5. The largest absolute Gasteiger partial charge is 0.466 e. The van der Waals surface area contributed by atoms with Crippen molar-refractivity contribution in [2.75, 3.05) is 20.8 Å². The molecule has 8 heteroatoms. The average Bonchev–Trinajstić information content (AvgIpc) is 2.62. The van der Waals surface area contributed by atoms with E-state index in [0.29, 0.717) is 0 Å². The topological polar surface area (TPSA) is 105 Å². The zero-order valence-corrected chi connectivity index (χ0v) is 17.0. The lowest BCUT2D eigenvalue weighted by atomic mass is 9.85. The Morgan fingerprint density at radius 3 is 1.56 bits per heavy atom. The summed E-state index contributed by atoms with van der Waals surface area (Å²) in [7, 11) is 2.36. The standard InChI is InChI=1S/C19H28O8/c1-11(27-17(23)19(6,7)13(3)15(21)25-9)10-26-16(22)18(4,5)12(2)14(20)24-8/h11H,2-3,10H2,1,4-9H3. The van der Waals surface area contributed by atoms with Gasteiger partial charge in [0.1, 0.15) is 12.7 Å². The lowest BCUT2D eigenvalue weighted by Crippen LogP contribution is -2.37. The Balaban J connectivity index is 4.87. The molecule has 1 unspecified atom stereocenters. The van der Waals surface area contributed by atoms with Crippen LogP contribution in [0.1, 0.15) is 34.6 Å². The average molecular weight is 384 g/mol. The fourth-order valence-electron chi connectivity index (χ4n) is 1.74. The van der Waals surface area contributed by atoms with Crippen molar-refractivity contribution in [1.82, 2.24) is 0 Å². The summed E-state index contributed by atoms with van der Waals surface area (Å²) >= 11 is 0. The van der Waals surface area contributed by atoms with Crippen LogP contribution in [0.4, 0.5) is 0 Å². The van der Waals surface area contributed by atoms with Crippen LogP contribution in [-0.2, 0) is 38.1 Å². The third-order valence-corrected chi connectivity index (χ3v) is 4.15. The Labute approximate surface area is 159 Å². The molecule has 0 aromatic heterocycles. The predicted octanol–water partition coefficient (Wildman–Crippen LogP) is 1.97. The molecule has 1 atom stereocenters. The maximum atomic E-state index is 12.3. The number of methoxy groups -OCH3 is 2. The third kappa shape index (κ3) is 5.94.